The zero-order chi connectivity index (χ0) is 13.8. The number of hydrogen-bond donors (Lipinski definition) is 2. The Morgan fingerprint density at radius 3 is 2.67 bits per heavy atom. The molecule has 9 heteroatoms. The van der Waals surface area contributed by atoms with E-state index in [-0.39, 0.29) is 28.7 Å². The largest absolute Gasteiger partial charge is 0.378 e. The molecule has 1 aromatic rings. The maximum absolute atomic E-state index is 11.2. The number of benzene rings is 1. The summed E-state index contributed by atoms with van der Waals surface area (Å²) >= 11 is 5.71. The van der Waals surface area contributed by atoms with E-state index in [0.29, 0.717) is 0 Å². The van der Waals surface area contributed by atoms with Gasteiger partial charge in [-0.2, -0.15) is 0 Å². The molecular formula is C9H12ClN3O4S. The Morgan fingerprint density at radius 2 is 2.11 bits per heavy atom. The van der Waals surface area contributed by atoms with E-state index in [2.05, 4.69) is 10.0 Å². The molecule has 0 saturated heterocycles. The SMILES string of the molecule is CNS(=O)(=O)CCNc1cccc(Cl)c1[N+](=O)[O-]. The van der Waals surface area contributed by atoms with Gasteiger partial charge in [-0.25, -0.2) is 13.1 Å². The van der Waals surface area contributed by atoms with E-state index >= 15 is 0 Å². The van der Waals surface area contributed by atoms with Crippen molar-refractivity contribution >= 4 is 33.0 Å². The molecule has 0 fully saturated rings. The first-order chi connectivity index (χ1) is 8.37. The summed E-state index contributed by atoms with van der Waals surface area (Å²) in [5, 5.41) is 13.5. The van der Waals surface area contributed by atoms with E-state index in [1.165, 1.54) is 19.2 Å². The van der Waals surface area contributed by atoms with Crippen LogP contribution in [-0.2, 0) is 10.0 Å². The van der Waals surface area contributed by atoms with Crippen LogP contribution < -0.4 is 10.0 Å². The summed E-state index contributed by atoms with van der Waals surface area (Å²) in [6, 6.07) is 4.41. The van der Waals surface area contributed by atoms with Crippen LogP contribution in [0.15, 0.2) is 18.2 Å². The highest BCUT2D eigenvalue weighted by Gasteiger charge is 2.18. The molecule has 0 atom stereocenters. The van der Waals surface area contributed by atoms with Crippen LogP contribution >= 0.6 is 11.6 Å². The average Bonchev–Trinajstić information content (AvgIpc) is 2.28. The maximum Gasteiger partial charge on any atom is 0.310 e. The molecule has 0 spiro atoms. The van der Waals surface area contributed by atoms with Gasteiger partial charge < -0.3 is 5.32 Å². The first kappa shape index (κ1) is 14.7. The highest BCUT2D eigenvalue weighted by Crippen LogP contribution is 2.31. The van der Waals surface area contributed by atoms with Crippen molar-refractivity contribution in [1.82, 2.24) is 4.72 Å². The van der Waals surface area contributed by atoms with Crippen LogP contribution in [0.1, 0.15) is 0 Å². The molecule has 0 heterocycles. The van der Waals surface area contributed by atoms with Crippen molar-refractivity contribution < 1.29 is 13.3 Å². The van der Waals surface area contributed by atoms with E-state index in [4.69, 9.17) is 11.6 Å². The van der Waals surface area contributed by atoms with Crippen LogP contribution in [0.5, 0.6) is 0 Å². The second kappa shape index (κ2) is 5.98. The van der Waals surface area contributed by atoms with Gasteiger partial charge in [0.2, 0.25) is 10.0 Å². The van der Waals surface area contributed by atoms with Crippen molar-refractivity contribution in [1.29, 1.82) is 0 Å². The van der Waals surface area contributed by atoms with Gasteiger partial charge in [0, 0.05) is 6.54 Å². The number of para-hydroxylation sites is 1. The van der Waals surface area contributed by atoms with Gasteiger partial charge in [-0.3, -0.25) is 10.1 Å². The molecule has 0 unspecified atom stereocenters. The third kappa shape index (κ3) is 3.83. The number of rotatable bonds is 6. The quantitative estimate of drug-likeness (QED) is 0.606. The third-order valence-electron chi connectivity index (χ3n) is 2.17. The Morgan fingerprint density at radius 1 is 1.44 bits per heavy atom. The number of nitrogens with one attached hydrogen (secondary N) is 2. The summed E-state index contributed by atoms with van der Waals surface area (Å²) in [6.45, 7) is 0.0460. The number of anilines is 1. The van der Waals surface area contributed by atoms with Crippen molar-refractivity contribution in [3.8, 4) is 0 Å². The van der Waals surface area contributed by atoms with Gasteiger partial charge in [-0.15, -0.1) is 0 Å². The number of nitro benzene ring substituents is 1. The minimum Gasteiger partial charge on any atom is -0.378 e. The Kier molecular flexibility index (Phi) is 4.88. The van der Waals surface area contributed by atoms with E-state index in [9.17, 15) is 18.5 Å². The van der Waals surface area contributed by atoms with Crippen LogP contribution in [0.3, 0.4) is 0 Å². The lowest BCUT2D eigenvalue weighted by Gasteiger charge is -2.07. The van der Waals surface area contributed by atoms with Crippen LogP contribution in [0.2, 0.25) is 5.02 Å². The van der Waals surface area contributed by atoms with Gasteiger partial charge in [0.15, 0.2) is 0 Å². The predicted octanol–water partition coefficient (Wildman–Crippen LogP) is 1.21. The van der Waals surface area contributed by atoms with Crippen LogP contribution in [0, 0.1) is 10.1 Å². The molecule has 1 rings (SSSR count). The highest BCUT2D eigenvalue weighted by atomic mass is 35.5. The normalized spacial score (nSPS) is 11.2. The van der Waals surface area contributed by atoms with Crippen LogP contribution in [-0.4, -0.2) is 32.7 Å². The lowest BCUT2D eigenvalue weighted by Crippen LogP contribution is -2.26. The molecule has 0 radical (unpaired) electrons. The number of nitro groups is 1. The monoisotopic (exact) mass is 293 g/mol. The lowest BCUT2D eigenvalue weighted by molar-refractivity contribution is -0.383. The summed E-state index contributed by atoms with van der Waals surface area (Å²) in [7, 11) is -2.05. The smallest absolute Gasteiger partial charge is 0.310 e. The van der Waals surface area contributed by atoms with Crippen LogP contribution in [0.25, 0.3) is 0 Å². The fourth-order valence-corrected chi connectivity index (χ4v) is 2.08. The minimum absolute atomic E-state index is 0.00136. The fraction of sp³-hybridized carbons (Fsp3) is 0.333. The Hall–Kier alpha value is -1.38. The van der Waals surface area contributed by atoms with Crippen molar-refractivity contribution in [2.75, 3.05) is 24.7 Å². The average molecular weight is 294 g/mol. The van der Waals surface area contributed by atoms with Gasteiger partial charge in [-0.05, 0) is 19.2 Å². The van der Waals surface area contributed by atoms with Crippen molar-refractivity contribution in [3.05, 3.63) is 33.3 Å². The molecule has 2 N–H and O–H groups in total. The molecule has 0 bridgehead atoms. The molecule has 0 aliphatic heterocycles. The molecule has 7 nitrogen and oxygen atoms in total. The molecule has 1 aromatic carbocycles. The van der Waals surface area contributed by atoms with Gasteiger partial charge in [0.1, 0.15) is 10.7 Å². The molecular weight excluding hydrogens is 282 g/mol. The molecule has 0 aromatic heterocycles. The second-order valence-electron chi connectivity index (χ2n) is 3.34. The zero-order valence-corrected chi connectivity index (χ0v) is 11.1. The number of nitrogens with zero attached hydrogens (tertiary/aromatic N) is 1. The predicted molar refractivity (Wildman–Crippen MR) is 69.4 cm³/mol. The summed E-state index contributed by atoms with van der Waals surface area (Å²) < 4.78 is 24.5. The third-order valence-corrected chi connectivity index (χ3v) is 3.84. The summed E-state index contributed by atoms with van der Waals surface area (Å²) in [5.74, 6) is -0.187. The molecule has 0 aliphatic rings. The standard InChI is InChI=1S/C9H12ClN3O4S/c1-11-18(16,17)6-5-12-8-4-2-3-7(10)9(8)13(14)15/h2-4,11-12H,5-6H2,1H3. The van der Waals surface area contributed by atoms with Crippen molar-refractivity contribution in [3.63, 3.8) is 0 Å². The van der Waals surface area contributed by atoms with E-state index < -0.39 is 14.9 Å². The number of hydrogen-bond acceptors (Lipinski definition) is 5. The lowest BCUT2D eigenvalue weighted by atomic mass is 10.2. The molecule has 18 heavy (non-hydrogen) atoms. The van der Waals surface area contributed by atoms with Gasteiger partial charge in [-0.1, -0.05) is 17.7 Å². The maximum atomic E-state index is 11.2. The van der Waals surface area contributed by atoms with Gasteiger partial charge in [0.25, 0.3) is 0 Å². The van der Waals surface area contributed by atoms with Crippen LogP contribution in [0.4, 0.5) is 11.4 Å². The van der Waals surface area contributed by atoms with E-state index in [0.717, 1.165) is 0 Å². The molecule has 100 valence electrons. The Balaban J connectivity index is 2.80. The number of sulfonamides is 1. The second-order valence-corrected chi connectivity index (χ2v) is 5.80. The highest BCUT2D eigenvalue weighted by molar-refractivity contribution is 7.89. The summed E-state index contributed by atoms with van der Waals surface area (Å²) in [4.78, 5) is 10.2. The summed E-state index contributed by atoms with van der Waals surface area (Å²) in [5.41, 5.74) is -0.0696. The topological polar surface area (TPSA) is 101 Å². The van der Waals surface area contributed by atoms with Crippen molar-refractivity contribution in [2.24, 2.45) is 0 Å². The van der Waals surface area contributed by atoms with E-state index in [1.54, 1.807) is 6.07 Å². The van der Waals surface area contributed by atoms with Gasteiger partial charge >= 0.3 is 5.69 Å². The Bertz CT molecular complexity index is 547. The fourth-order valence-electron chi connectivity index (χ4n) is 1.27. The first-order valence-corrected chi connectivity index (χ1v) is 6.98. The Labute approximate surface area is 109 Å². The minimum atomic E-state index is -3.35. The zero-order valence-electron chi connectivity index (χ0n) is 9.51. The first-order valence-electron chi connectivity index (χ1n) is 4.95. The molecule has 0 aliphatic carbocycles. The summed E-state index contributed by atoms with van der Waals surface area (Å²) in [6.07, 6.45) is 0. The molecule has 0 amide bonds. The van der Waals surface area contributed by atoms with Crippen molar-refractivity contribution in [2.45, 2.75) is 0 Å². The van der Waals surface area contributed by atoms with Gasteiger partial charge in [0.05, 0.1) is 10.7 Å². The van der Waals surface area contributed by atoms with E-state index in [1.807, 2.05) is 0 Å². The molecule has 0 saturated carbocycles. The number of halogens is 1.